The highest BCUT2D eigenvalue weighted by atomic mass is 15.2. The molecule has 0 radical (unpaired) electrons. The molecule has 0 aromatic carbocycles. The van der Waals surface area contributed by atoms with Gasteiger partial charge in [0, 0.05) is 41.9 Å². The summed E-state index contributed by atoms with van der Waals surface area (Å²) in [4.78, 5) is 20.4. The summed E-state index contributed by atoms with van der Waals surface area (Å²) < 4.78 is 0. The van der Waals surface area contributed by atoms with Crippen LogP contribution in [-0.4, -0.2) is 26.5 Å². The van der Waals surface area contributed by atoms with E-state index in [1.54, 1.807) is 6.20 Å². The van der Waals surface area contributed by atoms with Gasteiger partial charge in [0.05, 0.1) is 0 Å². The molecule has 3 aromatic rings. The molecule has 3 aromatic heterocycles. The second kappa shape index (κ2) is 6.05. The van der Waals surface area contributed by atoms with E-state index < -0.39 is 0 Å². The Balaban J connectivity index is 1.86. The van der Waals surface area contributed by atoms with E-state index in [0.717, 1.165) is 41.4 Å². The highest BCUT2D eigenvalue weighted by Crippen LogP contribution is 2.41. The Kier molecular flexibility index (Phi) is 3.83. The van der Waals surface area contributed by atoms with E-state index in [9.17, 15) is 0 Å². The Bertz CT molecular complexity index is 966. The van der Waals surface area contributed by atoms with Crippen LogP contribution in [-0.2, 0) is 5.41 Å². The maximum atomic E-state index is 5.90. The normalized spacial score (nSPS) is 15.6. The van der Waals surface area contributed by atoms with Crippen LogP contribution in [0, 0.1) is 6.92 Å². The Morgan fingerprint density at radius 2 is 1.96 bits per heavy atom. The van der Waals surface area contributed by atoms with Crippen molar-refractivity contribution >= 4 is 17.3 Å². The van der Waals surface area contributed by atoms with E-state index in [4.69, 9.17) is 10.7 Å². The van der Waals surface area contributed by atoms with E-state index in [1.807, 2.05) is 43.5 Å². The Morgan fingerprint density at radius 1 is 1.12 bits per heavy atom. The molecule has 6 heteroatoms. The van der Waals surface area contributed by atoms with Gasteiger partial charge in [-0.15, -0.1) is 0 Å². The molecule has 1 aliphatic rings. The third-order valence-corrected chi connectivity index (χ3v) is 4.91. The monoisotopic (exact) mass is 346 g/mol. The molecule has 0 saturated heterocycles. The topological polar surface area (TPSA) is 80.8 Å². The molecular formula is C20H22N6. The molecular weight excluding hydrogens is 324 g/mol. The summed E-state index contributed by atoms with van der Waals surface area (Å²) in [7, 11) is 0. The van der Waals surface area contributed by atoms with Gasteiger partial charge in [0.1, 0.15) is 17.3 Å². The zero-order valence-corrected chi connectivity index (χ0v) is 15.3. The lowest BCUT2D eigenvalue weighted by Gasteiger charge is -2.39. The number of nitrogens with zero attached hydrogens (tertiary/aromatic N) is 5. The van der Waals surface area contributed by atoms with Gasteiger partial charge in [0.15, 0.2) is 5.82 Å². The van der Waals surface area contributed by atoms with E-state index in [-0.39, 0.29) is 5.41 Å². The zero-order valence-electron chi connectivity index (χ0n) is 15.3. The molecule has 4 heterocycles. The SMILES string of the molecule is Cc1cccc(-c2ncc3c(n2)N(c2ccnc(N)c2)CCC3(C)C)n1. The number of nitrogens with two attached hydrogens (primary N) is 1. The van der Waals surface area contributed by atoms with E-state index in [1.165, 1.54) is 0 Å². The molecule has 0 fully saturated rings. The molecule has 0 unspecified atom stereocenters. The highest BCUT2D eigenvalue weighted by molar-refractivity contribution is 5.69. The number of aromatic nitrogens is 4. The van der Waals surface area contributed by atoms with Gasteiger partial charge in [-0.1, -0.05) is 19.9 Å². The summed E-state index contributed by atoms with van der Waals surface area (Å²) in [5.74, 6) is 2.06. The number of pyridine rings is 2. The summed E-state index contributed by atoms with van der Waals surface area (Å²) in [5, 5.41) is 0. The van der Waals surface area contributed by atoms with Crippen molar-refractivity contribution in [1.29, 1.82) is 0 Å². The lowest BCUT2D eigenvalue weighted by Crippen LogP contribution is -2.35. The minimum atomic E-state index is 0.0168. The molecule has 6 nitrogen and oxygen atoms in total. The summed E-state index contributed by atoms with van der Waals surface area (Å²) in [6.45, 7) is 7.30. The van der Waals surface area contributed by atoms with Gasteiger partial charge < -0.3 is 10.6 Å². The summed E-state index contributed by atoms with van der Waals surface area (Å²) in [6.07, 6.45) is 4.68. The predicted octanol–water partition coefficient (Wildman–Crippen LogP) is 3.64. The van der Waals surface area contributed by atoms with Gasteiger partial charge in [-0.3, -0.25) is 0 Å². The lowest BCUT2D eigenvalue weighted by atomic mass is 9.79. The van der Waals surface area contributed by atoms with E-state index in [0.29, 0.717) is 11.6 Å². The fourth-order valence-electron chi connectivity index (χ4n) is 3.33. The number of aryl methyl sites for hydroxylation is 1. The minimum Gasteiger partial charge on any atom is -0.384 e. The molecule has 4 rings (SSSR count). The fraction of sp³-hybridized carbons (Fsp3) is 0.300. The van der Waals surface area contributed by atoms with Crippen molar-refractivity contribution in [1.82, 2.24) is 19.9 Å². The standard InChI is InChI=1S/C20H22N6/c1-13-5-4-6-16(24-13)18-23-12-15-19(25-18)26(10-8-20(15,2)3)14-7-9-22-17(21)11-14/h4-7,9,11-12H,8,10H2,1-3H3,(H2,21,22). The van der Waals surface area contributed by atoms with Crippen molar-refractivity contribution in [2.24, 2.45) is 0 Å². The van der Waals surface area contributed by atoms with Gasteiger partial charge in [-0.2, -0.15) is 0 Å². The lowest BCUT2D eigenvalue weighted by molar-refractivity contribution is 0.461. The van der Waals surface area contributed by atoms with Crippen LogP contribution in [0.25, 0.3) is 11.5 Å². The maximum absolute atomic E-state index is 5.90. The van der Waals surface area contributed by atoms with Crippen LogP contribution in [0.2, 0.25) is 0 Å². The maximum Gasteiger partial charge on any atom is 0.180 e. The fourth-order valence-corrected chi connectivity index (χ4v) is 3.33. The van der Waals surface area contributed by atoms with Crippen LogP contribution in [0.5, 0.6) is 0 Å². The van der Waals surface area contributed by atoms with Crippen molar-refractivity contribution in [3.63, 3.8) is 0 Å². The van der Waals surface area contributed by atoms with Crippen molar-refractivity contribution in [2.75, 3.05) is 17.2 Å². The van der Waals surface area contributed by atoms with Crippen LogP contribution in [0.15, 0.2) is 42.7 Å². The first-order chi connectivity index (χ1) is 12.4. The average Bonchev–Trinajstić information content (AvgIpc) is 2.61. The third-order valence-electron chi connectivity index (χ3n) is 4.91. The first kappa shape index (κ1) is 16.4. The van der Waals surface area contributed by atoms with Crippen molar-refractivity contribution < 1.29 is 0 Å². The number of hydrogen-bond acceptors (Lipinski definition) is 6. The number of nitrogen functional groups attached to an aromatic ring is 1. The number of rotatable bonds is 2. The number of hydrogen-bond donors (Lipinski definition) is 1. The van der Waals surface area contributed by atoms with Gasteiger partial charge >= 0.3 is 0 Å². The zero-order chi connectivity index (χ0) is 18.3. The van der Waals surface area contributed by atoms with Crippen LogP contribution >= 0.6 is 0 Å². The molecule has 0 atom stereocenters. The number of anilines is 3. The van der Waals surface area contributed by atoms with E-state index in [2.05, 4.69) is 33.7 Å². The average molecular weight is 346 g/mol. The molecule has 0 bridgehead atoms. The van der Waals surface area contributed by atoms with Crippen molar-refractivity contribution in [3.05, 3.63) is 54.0 Å². The van der Waals surface area contributed by atoms with Gasteiger partial charge in [-0.25, -0.2) is 19.9 Å². The Morgan fingerprint density at radius 3 is 2.73 bits per heavy atom. The van der Waals surface area contributed by atoms with E-state index >= 15 is 0 Å². The number of fused-ring (bicyclic) bond motifs is 1. The minimum absolute atomic E-state index is 0.0168. The first-order valence-corrected chi connectivity index (χ1v) is 8.75. The molecule has 26 heavy (non-hydrogen) atoms. The summed E-state index contributed by atoms with van der Waals surface area (Å²) in [6, 6.07) is 9.74. The van der Waals surface area contributed by atoms with Gasteiger partial charge in [0.2, 0.25) is 0 Å². The molecule has 0 aliphatic carbocycles. The van der Waals surface area contributed by atoms with Crippen molar-refractivity contribution in [3.8, 4) is 11.5 Å². The molecule has 132 valence electrons. The van der Waals surface area contributed by atoms with Gasteiger partial charge in [0.25, 0.3) is 0 Å². The second-order valence-corrected chi connectivity index (χ2v) is 7.32. The Hall–Kier alpha value is -3.02. The van der Waals surface area contributed by atoms with Crippen LogP contribution < -0.4 is 10.6 Å². The predicted molar refractivity (Wildman–Crippen MR) is 103 cm³/mol. The largest absolute Gasteiger partial charge is 0.384 e. The van der Waals surface area contributed by atoms with Crippen LogP contribution in [0.1, 0.15) is 31.5 Å². The van der Waals surface area contributed by atoms with Crippen molar-refractivity contribution in [2.45, 2.75) is 32.6 Å². The first-order valence-electron chi connectivity index (χ1n) is 8.75. The van der Waals surface area contributed by atoms with Gasteiger partial charge in [-0.05, 0) is 37.0 Å². The van der Waals surface area contributed by atoms with Crippen LogP contribution in [0.4, 0.5) is 17.3 Å². The molecule has 1 aliphatic heterocycles. The summed E-state index contributed by atoms with van der Waals surface area (Å²) in [5.41, 5.74) is 9.77. The molecule has 0 spiro atoms. The molecule has 2 N–H and O–H groups in total. The quantitative estimate of drug-likeness (QED) is 0.763. The Labute approximate surface area is 153 Å². The highest BCUT2D eigenvalue weighted by Gasteiger charge is 2.34. The molecule has 0 amide bonds. The second-order valence-electron chi connectivity index (χ2n) is 7.32. The smallest absolute Gasteiger partial charge is 0.180 e. The van der Waals surface area contributed by atoms with Crippen LogP contribution in [0.3, 0.4) is 0 Å². The third kappa shape index (κ3) is 2.87. The summed E-state index contributed by atoms with van der Waals surface area (Å²) >= 11 is 0. The molecule has 0 saturated carbocycles.